The smallest absolute Gasteiger partial charge is 0.223 e. The van der Waals surface area contributed by atoms with Gasteiger partial charge in [-0.05, 0) is 24.3 Å². The summed E-state index contributed by atoms with van der Waals surface area (Å²) in [6, 6.07) is 19.5. The molecular weight excluding hydrogens is 314 g/mol. The summed E-state index contributed by atoms with van der Waals surface area (Å²) >= 11 is 0. The summed E-state index contributed by atoms with van der Waals surface area (Å²) in [6.07, 6.45) is 0. The van der Waals surface area contributed by atoms with Crippen LogP contribution in [0.25, 0.3) is 11.0 Å². The molecule has 0 fully saturated rings. The highest BCUT2D eigenvalue weighted by atomic mass is 15.2. The van der Waals surface area contributed by atoms with E-state index in [0.717, 1.165) is 16.7 Å². The largest absolute Gasteiger partial charge is 0.368 e. The molecule has 0 unspecified atom stereocenters. The van der Waals surface area contributed by atoms with Gasteiger partial charge in [-0.3, -0.25) is 0 Å². The monoisotopic (exact) mass is 331 g/mol. The Bertz CT molecular complexity index is 1020. The number of rotatable bonds is 4. The van der Waals surface area contributed by atoms with Gasteiger partial charge in [0.2, 0.25) is 11.9 Å². The highest BCUT2D eigenvalue weighted by Gasteiger charge is 2.09. The molecule has 2 aromatic carbocycles. The highest BCUT2D eigenvalue weighted by molar-refractivity contribution is 5.79. The van der Waals surface area contributed by atoms with Gasteiger partial charge in [0.05, 0.1) is 11.0 Å². The average Bonchev–Trinajstić information content (AvgIpc) is 2.91. The molecule has 4 rings (SSSR count). The Morgan fingerprint density at radius 2 is 1.52 bits per heavy atom. The summed E-state index contributed by atoms with van der Waals surface area (Å²) < 4.78 is 1.97. The number of nitrogens with two attached hydrogens (primary N) is 1. The van der Waals surface area contributed by atoms with Crippen molar-refractivity contribution in [3.8, 4) is 0 Å². The van der Waals surface area contributed by atoms with E-state index >= 15 is 0 Å². The van der Waals surface area contributed by atoms with Crippen LogP contribution in [0.5, 0.6) is 0 Å². The van der Waals surface area contributed by atoms with Crippen LogP contribution in [0.3, 0.4) is 0 Å². The van der Waals surface area contributed by atoms with Gasteiger partial charge >= 0.3 is 0 Å². The molecule has 2 heterocycles. The van der Waals surface area contributed by atoms with Crippen molar-refractivity contribution in [2.45, 2.75) is 0 Å². The van der Waals surface area contributed by atoms with Crippen LogP contribution in [0, 0.1) is 0 Å². The number of nitrogen functional groups attached to an aromatic ring is 1. The fraction of sp³-hybridized carbons (Fsp3) is 0.0556. The minimum absolute atomic E-state index is 0.183. The summed E-state index contributed by atoms with van der Waals surface area (Å²) in [5.74, 6) is 2.05. The quantitative estimate of drug-likeness (QED) is 0.530. The van der Waals surface area contributed by atoms with Crippen molar-refractivity contribution in [1.82, 2.24) is 19.5 Å². The number of para-hydroxylation sites is 3. The molecule has 7 nitrogen and oxygen atoms in total. The Balaban J connectivity index is 1.65. The molecular formula is C18H17N7. The topological polar surface area (TPSA) is 93.7 Å². The predicted octanol–water partition coefficient (Wildman–Crippen LogP) is 3.43. The summed E-state index contributed by atoms with van der Waals surface area (Å²) in [4.78, 5) is 13.0. The lowest BCUT2D eigenvalue weighted by Crippen LogP contribution is -2.05. The van der Waals surface area contributed by atoms with Gasteiger partial charge in [0.1, 0.15) is 11.6 Å². The molecule has 0 aliphatic carbocycles. The third-order valence-corrected chi connectivity index (χ3v) is 3.82. The van der Waals surface area contributed by atoms with Crippen LogP contribution in [0.15, 0.2) is 60.7 Å². The summed E-state index contributed by atoms with van der Waals surface area (Å²) in [5.41, 5.74) is 8.73. The number of aryl methyl sites for hydroxylation is 1. The number of anilines is 5. The number of aromatic nitrogens is 4. The molecule has 0 saturated heterocycles. The third kappa shape index (κ3) is 3.07. The second-order valence-electron chi connectivity index (χ2n) is 5.60. The molecule has 0 bridgehead atoms. The van der Waals surface area contributed by atoms with Crippen molar-refractivity contribution in [2.75, 3.05) is 16.4 Å². The first-order valence-corrected chi connectivity index (χ1v) is 7.84. The van der Waals surface area contributed by atoms with Crippen LogP contribution in [0.2, 0.25) is 0 Å². The second-order valence-corrected chi connectivity index (χ2v) is 5.60. The molecule has 0 aliphatic rings. The molecule has 0 saturated carbocycles. The van der Waals surface area contributed by atoms with Crippen LogP contribution in [0.1, 0.15) is 0 Å². The van der Waals surface area contributed by atoms with Crippen molar-refractivity contribution in [2.24, 2.45) is 7.05 Å². The van der Waals surface area contributed by atoms with Gasteiger partial charge in [0.15, 0.2) is 0 Å². The van der Waals surface area contributed by atoms with Crippen LogP contribution in [-0.2, 0) is 7.05 Å². The molecule has 4 aromatic rings. The SMILES string of the molecule is Cn1c(Nc2cc(Nc3ccccc3)nc(N)n2)nc2ccccc21. The Kier molecular flexibility index (Phi) is 3.66. The van der Waals surface area contributed by atoms with E-state index < -0.39 is 0 Å². The lowest BCUT2D eigenvalue weighted by atomic mass is 10.3. The van der Waals surface area contributed by atoms with Crippen molar-refractivity contribution in [3.63, 3.8) is 0 Å². The highest BCUT2D eigenvalue weighted by Crippen LogP contribution is 2.23. The predicted molar refractivity (Wildman–Crippen MR) is 100 cm³/mol. The zero-order chi connectivity index (χ0) is 17.2. The molecule has 0 amide bonds. The first-order chi connectivity index (χ1) is 12.2. The van der Waals surface area contributed by atoms with Crippen LogP contribution >= 0.6 is 0 Å². The zero-order valence-corrected chi connectivity index (χ0v) is 13.6. The normalized spacial score (nSPS) is 10.8. The maximum atomic E-state index is 5.85. The number of nitrogens with one attached hydrogen (secondary N) is 2. The van der Waals surface area contributed by atoms with E-state index in [4.69, 9.17) is 5.73 Å². The first kappa shape index (κ1) is 14.9. The average molecular weight is 331 g/mol. The van der Waals surface area contributed by atoms with Gasteiger partial charge in [0.25, 0.3) is 0 Å². The minimum atomic E-state index is 0.183. The van der Waals surface area contributed by atoms with E-state index in [1.54, 1.807) is 6.07 Å². The lowest BCUT2D eigenvalue weighted by Gasteiger charge is -2.10. The first-order valence-electron chi connectivity index (χ1n) is 7.84. The lowest BCUT2D eigenvalue weighted by molar-refractivity contribution is 0.954. The molecule has 0 aliphatic heterocycles. The number of hydrogen-bond donors (Lipinski definition) is 3. The van der Waals surface area contributed by atoms with E-state index in [0.29, 0.717) is 17.6 Å². The van der Waals surface area contributed by atoms with E-state index in [-0.39, 0.29) is 5.95 Å². The van der Waals surface area contributed by atoms with E-state index in [1.807, 2.05) is 66.2 Å². The molecule has 4 N–H and O–H groups in total. The molecule has 25 heavy (non-hydrogen) atoms. The van der Waals surface area contributed by atoms with Gasteiger partial charge in [-0.2, -0.15) is 9.97 Å². The Labute approximate surface area is 144 Å². The Morgan fingerprint density at radius 1 is 0.840 bits per heavy atom. The summed E-state index contributed by atoms with van der Waals surface area (Å²) in [5, 5.41) is 6.42. The standard InChI is InChI=1S/C18H17N7/c1-25-14-10-6-5-9-13(14)21-18(25)24-16-11-15(22-17(19)23-16)20-12-7-3-2-4-8-12/h2-11H,1H3,(H4,19,20,21,22,23,24). The maximum absolute atomic E-state index is 5.85. The van der Waals surface area contributed by atoms with Gasteiger partial charge in [0, 0.05) is 18.8 Å². The minimum Gasteiger partial charge on any atom is -0.368 e. The van der Waals surface area contributed by atoms with Crippen molar-refractivity contribution in [3.05, 3.63) is 60.7 Å². The third-order valence-electron chi connectivity index (χ3n) is 3.82. The molecule has 2 aromatic heterocycles. The van der Waals surface area contributed by atoms with Crippen LogP contribution < -0.4 is 16.4 Å². The van der Waals surface area contributed by atoms with Crippen LogP contribution in [-0.4, -0.2) is 19.5 Å². The second kappa shape index (κ2) is 6.12. The summed E-state index contributed by atoms with van der Waals surface area (Å²) in [6.45, 7) is 0. The number of hydrogen-bond acceptors (Lipinski definition) is 6. The zero-order valence-electron chi connectivity index (χ0n) is 13.6. The van der Waals surface area contributed by atoms with E-state index in [9.17, 15) is 0 Å². The molecule has 0 radical (unpaired) electrons. The molecule has 0 spiro atoms. The molecule has 124 valence electrons. The van der Waals surface area contributed by atoms with Gasteiger partial charge in [-0.15, -0.1) is 0 Å². The van der Waals surface area contributed by atoms with E-state index in [2.05, 4.69) is 25.6 Å². The van der Waals surface area contributed by atoms with Gasteiger partial charge in [-0.1, -0.05) is 30.3 Å². The fourth-order valence-corrected chi connectivity index (χ4v) is 2.64. The van der Waals surface area contributed by atoms with E-state index in [1.165, 1.54) is 0 Å². The Hall–Kier alpha value is -3.61. The van der Waals surface area contributed by atoms with Crippen molar-refractivity contribution >= 4 is 40.3 Å². The molecule has 7 heteroatoms. The van der Waals surface area contributed by atoms with Gasteiger partial charge in [-0.25, -0.2) is 4.98 Å². The van der Waals surface area contributed by atoms with Gasteiger partial charge < -0.3 is 20.9 Å². The summed E-state index contributed by atoms with van der Waals surface area (Å²) in [7, 11) is 1.95. The number of imidazole rings is 1. The fourth-order valence-electron chi connectivity index (χ4n) is 2.64. The maximum Gasteiger partial charge on any atom is 0.223 e. The number of fused-ring (bicyclic) bond motifs is 1. The Morgan fingerprint density at radius 3 is 2.28 bits per heavy atom. The van der Waals surface area contributed by atoms with Crippen molar-refractivity contribution in [1.29, 1.82) is 0 Å². The number of benzene rings is 2. The molecule has 0 atom stereocenters. The van der Waals surface area contributed by atoms with Crippen LogP contribution in [0.4, 0.5) is 29.2 Å². The number of nitrogens with zero attached hydrogens (tertiary/aromatic N) is 4. The van der Waals surface area contributed by atoms with Crippen molar-refractivity contribution < 1.29 is 0 Å².